The van der Waals surface area contributed by atoms with Gasteiger partial charge in [-0.1, -0.05) is 6.92 Å². The fourth-order valence-electron chi connectivity index (χ4n) is 4.43. The van der Waals surface area contributed by atoms with E-state index in [1.54, 1.807) is 30.2 Å². The SMILES string of the molecule is CCc1c(N2CCN(C(=O)OC(C)(C)C)CC2)c(=O)n2nc(Br)nc2n1CC(=O)Nc1ccc(OC(F)(F)F)cc1. The van der Waals surface area contributed by atoms with Crippen molar-refractivity contribution in [3.05, 3.63) is 45.0 Å². The summed E-state index contributed by atoms with van der Waals surface area (Å²) in [6.07, 6.45) is -4.89. The van der Waals surface area contributed by atoms with Crippen LogP contribution in [0.4, 0.5) is 29.3 Å². The van der Waals surface area contributed by atoms with Crippen LogP contribution in [-0.4, -0.2) is 74.2 Å². The zero-order valence-electron chi connectivity index (χ0n) is 22.8. The summed E-state index contributed by atoms with van der Waals surface area (Å²) >= 11 is 3.20. The summed E-state index contributed by atoms with van der Waals surface area (Å²) < 4.78 is 49.5. The molecule has 0 aliphatic carbocycles. The van der Waals surface area contributed by atoms with Crippen LogP contribution in [0.3, 0.4) is 0 Å². The van der Waals surface area contributed by atoms with Crippen molar-refractivity contribution >= 4 is 45.1 Å². The number of nitrogens with zero attached hydrogens (tertiary/aromatic N) is 6. The second-order valence-electron chi connectivity index (χ2n) is 10.2. The second-order valence-corrected chi connectivity index (χ2v) is 10.9. The summed E-state index contributed by atoms with van der Waals surface area (Å²) in [5, 5.41) is 6.80. The van der Waals surface area contributed by atoms with E-state index in [-0.39, 0.29) is 22.7 Å². The molecule has 1 saturated heterocycles. The number of fused-ring (bicyclic) bond motifs is 1. The molecule has 0 bridgehead atoms. The van der Waals surface area contributed by atoms with Crippen molar-refractivity contribution < 1.29 is 32.2 Å². The molecule has 1 fully saturated rings. The smallest absolute Gasteiger partial charge is 0.444 e. The van der Waals surface area contributed by atoms with Gasteiger partial charge >= 0.3 is 12.5 Å². The number of hydrogen-bond donors (Lipinski definition) is 1. The largest absolute Gasteiger partial charge is 0.573 e. The van der Waals surface area contributed by atoms with Gasteiger partial charge in [0.05, 0.1) is 5.69 Å². The number of ether oxygens (including phenoxy) is 2. The topological polar surface area (TPSA) is 123 Å². The number of aromatic nitrogens is 4. The van der Waals surface area contributed by atoms with E-state index in [0.717, 1.165) is 16.6 Å². The van der Waals surface area contributed by atoms with E-state index < -0.39 is 35.3 Å². The predicted octanol–water partition coefficient (Wildman–Crippen LogP) is 3.81. The molecule has 0 unspecified atom stereocenters. The van der Waals surface area contributed by atoms with Crippen LogP contribution in [-0.2, 0) is 22.5 Å². The molecule has 222 valence electrons. The Bertz CT molecular complexity index is 1490. The third-order valence-electron chi connectivity index (χ3n) is 6.06. The Morgan fingerprint density at radius 2 is 1.71 bits per heavy atom. The van der Waals surface area contributed by atoms with Crippen LogP contribution in [0.25, 0.3) is 5.78 Å². The van der Waals surface area contributed by atoms with Gasteiger partial charge in [0.25, 0.3) is 5.56 Å². The standard InChI is InChI=1S/C25H29BrF3N7O5/c1-5-17-19(33-10-12-34(13-11-33)23(39)41-24(2,3)4)20(38)36-22(31-21(26)32-36)35(17)14-18(37)30-15-6-8-16(9-7-15)40-25(27,28)29/h6-9H,5,10-14H2,1-4H3,(H,30,37). The molecule has 3 aromatic rings. The minimum atomic E-state index is -4.83. The average molecular weight is 644 g/mol. The number of benzene rings is 1. The Hall–Kier alpha value is -3.82. The number of anilines is 2. The first-order valence-electron chi connectivity index (χ1n) is 12.7. The Balaban J connectivity index is 1.59. The van der Waals surface area contributed by atoms with Crippen molar-refractivity contribution in [3.63, 3.8) is 0 Å². The molecule has 4 rings (SSSR count). The van der Waals surface area contributed by atoms with E-state index >= 15 is 0 Å². The lowest BCUT2D eigenvalue weighted by atomic mass is 10.2. The van der Waals surface area contributed by atoms with Crippen molar-refractivity contribution in [1.82, 2.24) is 24.1 Å². The average Bonchev–Trinajstić information content (AvgIpc) is 3.27. The normalized spacial score (nSPS) is 14.3. The molecular formula is C25H29BrF3N7O5. The monoisotopic (exact) mass is 643 g/mol. The van der Waals surface area contributed by atoms with Crippen molar-refractivity contribution in [1.29, 1.82) is 0 Å². The zero-order valence-corrected chi connectivity index (χ0v) is 24.4. The van der Waals surface area contributed by atoms with Gasteiger partial charge < -0.3 is 29.2 Å². The maximum Gasteiger partial charge on any atom is 0.573 e. The van der Waals surface area contributed by atoms with E-state index in [9.17, 15) is 27.6 Å². The molecule has 1 aliphatic rings. The molecular weight excluding hydrogens is 615 g/mol. The maximum atomic E-state index is 13.6. The molecule has 16 heteroatoms. The lowest BCUT2D eigenvalue weighted by Gasteiger charge is -2.37. The first-order chi connectivity index (χ1) is 19.1. The number of piperazine rings is 1. The van der Waals surface area contributed by atoms with Gasteiger partial charge in [0.1, 0.15) is 23.6 Å². The second kappa shape index (κ2) is 11.6. The van der Waals surface area contributed by atoms with Crippen molar-refractivity contribution in [2.45, 2.75) is 52.6 Å². The van der Waals surface area contributed by atoms with Gasteiger partial charge in [-0.2, -0.15) is 9.50 Å². The molecule has 41 heavy (non-hydrogen) atoms. The Kier molecular flexibility index (Phi) is 8.52. The maximum absolute atomic E-state index is 13.6. The van der Waals surface area contributed by atoms with E-state index in [1.807, 2.05) is 11.8 Å². The predicted molar refractivity (Wildman–Crippen MR) is 146 cm³/mol. The van der Waals surface area contributed by atoms with Gasteiger partial charge in [-0.15, -0.1) is 18.3 Å². The Morgan fingerprint density at radius 3 is 2.27 bits per heavy atom. The van der Waals surface area contributed by atoms with Crippen molar-refractivity contribution in [3.8, 4) is 5.75 Å². The van der Waals surface area contributed by atoms with Crippen LogP contribution in [0.15, 0.2) is 33.8 Å². The highest BCUT2D eigenvalue weighted by Gasteiger charge is 2.32. The molecule has 1 aromatic carbocycles. The number of rotatable bonds is 6. The molecule has 2 aromatic heterocycles. The van der Waals surface area contributed by atoms with Crippen LogP contribution in [0.1, 0.15) is 33.4 Å². The fraction of sp³-hybridized carbons (Fsp3) is 0.480. The minimum Gasteiger partial charge on any atom is -0.444 e. The molecule has 0 spiro atoms. The summed E-state index contributed by atoms with van der Waals surface area (Å²) in [4.78, 5) is 46.9. The van der Waals surface area contributed by atoms with Crippen LogP contribution in [0.2, 0.25) is 0 Å². The minimum absolute atomic E-state index is 0.138. The first-order valence-corrected chi connectivity index (χ1v) is 13.5. The Morgan fingerprint density at radius 1 is 1.07 bits per heavy atom. The van der Waals surface area contributed by atoms with E-state index in [0.29, 0.717) is 44.0 Å². The van der Waals surface area contributed by atoms with Crippen LogP contribution < -0.4 is 20.5 Å². The summed E-state index contributed by atoms with van der Waals surface area (Å²) in [5.74, 6) is -0.788. The van der Waals surface area contributed by atoms with Gasteiger partial charge in [0.15, 0.2) is 0 Å². The molecule has 3 heterocycles. The van der Waals surface area contributed by atoms with Crippen molar-refractivity contribution in [2.24, 2.45) is 0 Å². The van der Waals surface area contributed by atoms with Crippen LogP contribution >= 0.6 is 15.9 Å². The number of hydrogen-bond acceptors (Lipinski definition) is 8. The van der Waals surface area contributed by atoms with Crippen molar-refractivity contribution in [2.75, 3.05) is 36.4 Å². The number of alkyl halides is 3. The molecule has 1 aliphatic heterocycles. The quantitative estimate of drug-likeness (QED) is 0.430. The Labute approximate surface area is 241 Å². The zero-order chi connectivity index (χ0) is 30.1. The summed E-state index contributed by atoms with van der Waals surface area (Å²) in [7, 11) is 0. The highest BCUT2D eigenvalue weighted by Crippen LogP contribution is 2.25. The number of nitrogens with one attached hydrogen (secondary N) is 1. The van der Waals surface area contributed by atoms with Gasteiger partial charge in [0, 0.05) is 31.9 Å². The van der Waals surface area contributed by atoms with Crippen LogP contribution in [0, 0.1) is 0 Å². The van der Waals surface area contributed by atoms with E-state index in [2.05, 4.69) is 36.1 Å². The summed E-state index contributed by atoms with van der Waals surface area (Å²) in [6, 6.07) is 4.74. The number of carbonyl (C=O) groups is 2. The molecule has 0 saturated carbocycles. The van der Waals surface area contributed by atoms with E-state index in [1.165, 1.54) is 12.1 Å². The number of amides is 2. The highest BCUT2D eigenvalue weighted by molar-refractivity contribution is 9.10. The third-order valence-corrected chi connectivity index (χ3v) is 6.39. The molecule has 0 radical (unpaired) electrons. The van der Waals surface area contributed by atoms with Gasteiger partial charge in [-0.05, 0) is 67.4 Å². The molecule has 0 atom stereocenters. The van der Waals surface area contributed by atoms with Gasteiger partial charge in [0.2, 0.25) is 16.4 Å². The van der Waals surface area contributed by atoms with Gasteiger partial charge in [-0.25, -0.2) is 4.79 Å². The lowest BCUT2D eigenvalue weighted by molar-refractivity contribution is -0.274. The molecule has 2 amide bonds. The highest BCUT2D eigenvalue weighted by atomic mass is 79.9. The van der Waals surface area contributed by atoms with Gasteiger partial charge in [-0.3, -0.25) is 9.59 Å². The van der Waals surface area contributed by atoms with E-state index in [4.69, 9.17) is 4.74 Å². The summed E-state index contributed by atoms with van der Waals surface area (Å²) in [5.41, 5.74) is 0.0702. The fourth-order valence-corrected chi connectivity index (χ4v) is 4.75. The lowest BCUT2D eigenvalue weighted by Crippen LogP contribution is -2.51. The number of carbonyl (C=O) groups excluding carboxylic acids is 2. The number of halogens is 4. The molecule has 1 N–H and O–H groups in total. The third kappa shape index (κ3) is 7.28. The van der Waals surface area contributed by atoms with Crippen LogP contribution in [0.5, 0.6) is 5.75 Å². The molecule has 12 nitrogen and oxygen atoms in total. The summed E-state index contributed by atoms with van der Waals surface area (Å²) in [6.45, 7) is 8.29. The first kappa shape index (κ1) is 30.1.